The predicted octanol–water partition coefficient (Wildman–Crippen LogP) is 1.68. The third-order valence-electron chi connectivity index (χ3n) is 2.65. The largest absolute Gasteiger partial charge is 0.324 e. The van der Waals surface area contributed by atoms with E-state index >= 15 is 0 Å². The number of amides is 2. The molecular weight excluding hydrogens is 190 g/mol. The maximum Gasteiger partial charge on any atom is 0.321 e. The van der Waals surface area contributed by atoms with Crippen molar-refractivity contribution in [2.24, 2.45) is 5.73 Å². The van der Waals surface area contributed by atoms with Gasteiger partial charge in [-0.2, -0.15) is 0 Å². The average molecular weight is 205 g/mol. The first-order chi connectivity index (χ1) is 7.08. The van der Waals surface area contributed by atoms with Crippen molar-refractivity contribution in [3.05, 3.63) is 29.3 Å². The highest BCUT2D eigenvalue weighted by atomic mass is 16.2. The summed E-state index contributed by atoms with van der Waals surface area (Å²) in [4.78, 5) is 13.0. The van der Waals surface area contributed by atoms with E-state index in [1.165, 1.54) is 0 Å². The second-order valence-corrected chi connectivity index (χ2v) is 3.99. The Kier molecular flexibility index (Phi) is 2.36. The van der Waals surface area contributed by atoms with Crippen molar-refractivity contribution in [3.8, 4) is 0 Å². The van der Waals surface area contributed by atoms with Crippen molar-refractivity contribution >= 4 is 11.7 Å². The van der Waals surface area contributed by atoms with Crippen LogP contribution in [0.25, 0.3) is 0 Å². The molecule has 3 N–H and O–H groups in total. The number of nitrogens with one attached hydrogen (secondary N) is 1. The van der Waals surface area contributed by atoms with Gasteiger partial charge in [0.2, 0.25) is 0 Å². The highest BCUT2D eigenvalue weighted by Gasteiger charge is 2.19. The van der Waals surface area contributed by atoms with Gasteiger partial charge >= 0.3 is 6.03 Å². The van der Waals surface area contributed by atoms with Gasteiger partial charge in [-0.05, 0) is 24.1 Å². The van der Waals surface area contributed by atoms with Crippen LogP contribution in [0.1, 0.15) is 24.1 Å². The third-order valence-corrected chi connectivity index (χ3v) is 2.65. The van der Waals surface area contributed by atoms with Crippen LogP contribution < -0.4 is 11.1 Å². The van der Waals surface area contributed by atoms with Crippen molar-refractivity contribution in [2.75, 3.05) is 12.4 Å². The van der Waals surface area contributed by atoms with Gasteiger partial charge in [-0.3, -0.25) is 0 Å². The number of urea groups is 1. The molecule has 0 unspecified atom stereocenters. The van der Waals surface area contributed by atoms with E-state index in [-0.39, 0.29) is 12.1 Å². The Balaban J connectivity index is 2.37. The molecule has 0 bridgehead atoms. The van der Waals surface area contributed by atoms with Gasteiger partial charge in [-0.25, -0.2) is 4.79 Å². The summed E-state index contributed by atoms with van der Waals surface area (Å²) >= 11 is 0. The Labute approximate surface area is 89.1 Å². The first kappa shape index (κ1) is 9.98. The van der Waals surface area contributed by atoms with Crippen molar-refractivity contribution in [3.63, 3.8) is 0 Å². The van der Waals surface area contributed by atoms with E-state index in [1.54, 1.807) is 11.9 Å². The van der Waals surface area contributed by atoms with Gasteiger partial charge in [0.1, 0.15) is 0 Å². The molecular formula is C11H15N3O. The lowest BCUT2D eigenvalue weighted by atomic mass is 10.0. The Morgan fingerprint density at radius 3 is 2.93 bits per heavy atom. The zero-order chi connectivity index (χ0) is 11.0. The van der Waals surface area contributed by atoms with Gasteiger partial charge in [0.25, 0.3) is 0 Å². The van der Waals surface area contributed by atoms with Gasteiger partial charge in [0.15, 0.2) is 0 Å². The second kappa shape index (κ2) is 3.55. The number of benzene rings is 1. The van der Waals surface area contributed by atoms with Gasteiger partial charge in [0.05, 0.1) is 0 Å². The summed E-state index contributed by atoms with van der Waals surface area (Å²) in [5, 5.41) is 2.82. The number of hydrogen-bond acceptors (Lipinski definition) is 2. The highest BCUT2D eigenvalue weighted by Crippen LogP contribution is 2.25. The molecule has 4 nitrogen and oxygen atoms in total. The molecule has 0 saturated heterocycles. The van der Waals surface area contributed by atoms with Gasteiger partial charge in [-0.15, -0.1) is 0 Å². The normalized spacial score (nSPS) is 17.0. The van der Waals surface area contributed by atoms with Crippen LogP contribution >= 0.6 is 0 Å². The highest BCUT2D eigenvalue weighted by molar-refractivity contribution is 5.92. The number of nitrogens with zero attached hydrogens (tertiary/aromatic N) is 1. The Morgan fingerprint density at radius 2 is 2.27 bits per heavy atom. The van der Waals surface area contributed by atoms with Crippen molar-refractivity contribution in [1.29, 1.82) is 0 Å². The SMILES string of the molecule is C[C@@H](N)c1ccc2c(c1)CN(C)C(=O)N2. The molecule has 1 aliphatic heterocycles. The number of carbonyl (C=O) groups excluding carboxylic acids is 1. The summed E-state index contributed by atoms with van der Waals surface area (Å²) < 4.78 is 0. The fourth-order valence-corrected chi connectivity index (χ4v) is 1.69. The third kappa shape index (κ3) is 1.80. The summed E-state index contributed by atoms with van der Waals surface area (Å²) in [6.07, 6.45) is 0. The van der Waals surface area contributed by atoms with Crippen molar-refractivity contribution in [2.45, 2.75) is 19.5 Å². The molecule has 0 saturated carbocycles. The number of anilines is 1. The van der Waals surface area contributed by atoms with Crippen molar-refractivity contribution in [1.82, 2.24) is 4.90 Å². The Hall–Kier alpha value is -1.55. The van der Waals surface area contributed by atoms with Crippen LogP contribution in [-0.4, -0.2) is 18.0 Å². The lowest BCUT2D eigenvalue weighted by molar-refractivity contribution is 0.218. The summed E-state index contributed by atoms with van der Waals surface area (Å²) in [5.41, 5.74) is 8.91. The van der Waals surface area contributed by atoms with Crippen LogP contribution in [0.15, 0.2) is 18.2 Å². The smallest absolute Gasteiger partial charge is 0.321 e. The molecule has 0 radical (unpaired) electrons. The average Bonchev–Trinajstić information content (AvgIpc) is 2.19. The summed E-state index contributed by atoms with van der Waals surface area (Å²) in [6, 6.07) is 5.89. The molecule has 0 fully saturated rings. The van der Waals surface area contributed by atoms with E-state index in [1.807, 2.05) is 19.1 Å². The standard InChI is InChI=1S/C11H15N3O/c1-7(12)8-3-4-10-9(5-8)6-14(2)11(15)13-10/h3-5,7H,6,12H2,1-2H3,(H,13,15)/t7-/m1/s1. The number of carbonyl (C=O) groups is 1. The number of fused-ring (bicyclic) bond motifs is 1. The molecule has 1 aromatic carbocycles. The van der Waals surface area contributed by atoms with Crippen molar-refractivity contribution < 1.29 is 4.79 Å². The minimum absolute atomic E-state index is 0.0261. The van der Waals surface area contributed by atoms with E-state index in [4.69, 9.17) is 5.73 Å². The molecule has 0 aliphatic carbocycles. The lowest BCUT2D eigenvalue weighted by Gasteiger charge is -2.26. The van der Waals surface area contributed by atoms with E-state index in [0.29, 0.717) is 6.54 Å². The molecule has 2 amide bonds. The molecule has 2 rings (SSSR count). The topological polar surface area (TPSA) is 58.4 Å². The van der Waals surface area contributed by atoms with Crippen LogP contribution in [-0.2, 0) is 6.54 Å². The van der Waals surface area contributed by atoms with Crippen LogP contribution in [0, 0.1) is 0 Å². The Morgan fingerprint density at radius 1 is 1.53 bits per heavy atom. The maximum absolute atomic E-state index is 11.4. The molecule has 15 heavy (non-hydrogen) atoms. The van der Waals surface area contributed by atoms with Crippen LogP contribution in [0.3, 0.4) is 0 Å². The van der Waals surface area contributed by atoms with Gasteiger partial charge in [-0.1, -0.05) is 12.1 Å². The summed E-state index contributed by atoms with van der Waals surface area (Å²) in [5.74, 6) is 0. The fraction of sp³-hybridized carbons (Fsp3) is 0.364. The van der Waals surface area contributed by atoms with E-state index in [0.717, 1.165) is 16.8 Å². The molecule has 1 aliphatic rings. The number of nitrogens with two attached hydrogens (primary N) is 1. The summed E-state index contributed by atoms with van der Waals surface area (Å²) in [6.45, 7) is 2.59. The molecule has 0 spiro atoms. The summed E-state index contributed by atoms with van der Waals surface area (Å²) in [7, 11) is 1.77. The van der Waals surface area contributed by atoms with Gasteiger partial charge < -0.3 is 16.0 Å². The second-order valence-electron chi connectivity index (χ2n) is 3.99. The number of rotatable bonds is 1. The van der Waals surface area contributed by atoms with Crippen LogP contribution in [0.5, 0.6) is 0 Å². The zero-order valence-corrected chi connectivity index (χ0v) is 8.95. The monoisotopic (exact) mass is 205 g/mol. The first-order valence-corrected chi connectivity index (χ1v) is 4.98. The first-order valence-electron chi connectivity index (χ1n) is 4.98. The Bertz CT molecular complexity index is 401. The van der Waals surface area contributed by atoms with E-state index in [9.17, 15) is 4.79 Å². The quantitative estimate of drug-likeness (QED) is 0.732. The molecule has 1 atom stereocenters. The lowest BCUT2D eigenvalue weighted by Crippen LogP contribution is -2.35. The number of hydrogen-bond donors (Lipinski definition) is 2. The molecule has 1 heterocycles. The fourth-order valence-electron chi connectivity index (χ4n) is 1.69. The van der Waals surface area contributed by atoms with Gasteiger partial charge in [0, 0.05) is 25.3 Å². The van der Waals surface area contributed by atoms with E-state index in [2.05, 4.69) is 11.4 Å². The predicted molar refractivity (Wildman–Crippen MR) is 59.5 cm³/mol. The maximum atomic E-state index is 11.4. The minimum atomic E-state index is -0.0592. The van der Waals surface area contributed by atoms with E-state index < -0.39 is 0 Å². The minimum Gasteiger partial charge on any atom is -0.324 e. The molecule has 4 heteroatoms. The molecule has 1 aromatic rings. The zero-order valence-electron chi connectivity index (χ0n) is 8.95. The van der Waals surface area contributed by atoms with Crippen LogP contribution in [0.4, 0.5) is 10.5 Å². The molecule has 0 aromatic heterocycles. The molecule has 80 valence electrons. The van der Waals surface area contributed by atoms with Crippen LogP contribution in [0.2, 0.25) is 0 Å².